The van der Waals surface area contributed by atoms with Crippen LogP contribution in [-0.4, -0.2) is 54.4 Å². The standard InChI is InChI=1S/C7H15N2Si/c1-8(2)7(5-6-10)9(3)4/h5-7H,1-4H3. The molecule has 0 amide bonds. The summed E-state index contributed by atoms with van der Waals surface area (Å²) < 4.78 is 0. The van der Waals surface area contributed by atoms with Crippen LogP contribution in [0.25, 0.3) is 0 Å². The molecule has 0 bridgehead atoms. The first kappa shape index (κ1) is 9.88. The van der Waals surface area contributed by atoms with E-state index in [1.807, 2.05) is 5.70 Å². The molecule has 10 heavy (non-hydrogen) atoms. The lowest BCUT2D eigenvalue weighted by Gasteiger charge is -2.27. The number of likely N-dealkylation sites (N-methyl/N-ethyl adjacent to an activating group) is 2. The van der Waals surface area contributed by atoms with E-state index < -0.39 is 0 Å². The maximum Gasteiger partial charge on any atom is 0.0800 e. The summed E-state index contributed by atoms with van der Waals surface area (Å²) in [5, 5.41) is 0. The van der Waals surface area contributed by atoms with Gasteiger partial charge in [0.25, 0.3) is 0 Å². The van der Waals surface area contributed by atoms with Crippen molar-refractivity contribution in [1.82, 2.24) is 9.80 Å². The van der Waals surface area contributed by atoms with Gasteiger partial charge in [-0.15, -0.1) is 5.70 Å². The normalized spacial score (nSPS) is 12.8. The summed E-state index contributed by atoms with van der Waals surface area (Å²) in [6, 6.07) is 0. The van der Waals surface area contributed by atoms with E-state index in [0.29, 0.717) is 6.17 Å². The average Bonchev–Trinajstić information content (AvgIpc) is 1.81. The molecule has 2 nitrogen and oxygen atoms in total. The van der Waals surface area contributed by atoms with Crippen molar-refractivity contribution in [3.8, 4) is 0 Å². The summed E-state index contributed by atoms with van der Waals surface area (Å²) in [6.07, 6.45) is 2.45. The Balaban J connectivity index is 3.98. The van der Waals surface area contributed by atoms with Gasteiger partial charge >= 0.3 is 0 Å². The van der Waals surface area contributed by atoms with Gasteiger partial charge in [-0.2, -0.15) is 0 Å². The fourth-order valence-corrected chi connectivity index (χ4v) is 1.06. The lowest BCUT2D eigenvalue weighted by atomic mass is 10.4. The van der Waals surface area contributed by atoms with Crippen molar-refractivity contribution in [2.24, 2.45) is 0 Å². The van der Waals surface area contributed by atoms with E-state index in [-0.39, 0.29) is 0 Å². The Kier molecular flexibility index (Phi) is 4.60. The van der Waals surface area contributed by atoms with Gasteiger partial charge in [-0.05, 0) is 28.2 Å². The van der Waals surface area contributed by atoms with Crippen LogP contribution < -0.4 is 0 Å². The number of hydrogen-bond acceptors (Lipinski definition) is 2. The average molecular weight is 155 g/mol. The quantitative estimate of drug-likeness (QED) is 0.422. The summed E-state index contributed by atoms with van der Waals surface area (Å²) >= 11 is 0. The second-order valence-electron chi connectivity index (χ2n) is 2.70. The Morgan fingerprint density at radius 3 is 1.60 bits per heavy atom. The predicted molar refractivity (Wildman–Crippen MR) is 46.1 cm³/mol. The van der Waals surface area contributed by atoms with Crippen molar-refractivity contribution in [2.45, 2.75) is 6.17 Å². The van der Waals surface area contributed by atoms with E-state index in [9.17, 15) is 0 Å². The fraction of sp³-hybridized carbons (Fsp3) is 0.714. The second kappa shape index (κ2) is 4.66. The first-order chi connectivity index (χ1) is 4.59. The zero-order chi connectivity index (χ0) is 8.15. The van der Waals surface area contributed by atoms with Gasteiger partial charge in [-0.3, -0.25) is 9.80 Å². The van der Waals surface area contributed by atoms with Gasteiger partial charge in [-0.1, -0.05) is 6.08 Å². The topological polar surface area (TPSA) is 6.48 Å². The summed E-state index contributed by atoms with van der Waals surface area (Å²) in [5.74, 6) is 0. The molecule has 0 aromatic carbocycles. The van der Waals surface area contributed by atoms with E-state index in [1.54, 1.807) is 0 Å². The predicted octanol–water partition coefficient (Wildman–Crippen LogP) is 0.118. The minimum atomic E-state index is 0.373. The van der Waals surface area contributed by atoms with Gasteiger partial charge in [0.1, 0.15) is 0 Å². The molecule has 0 N–H and O–H groups in total. The van der Waals surface area contributed by atoms with Crippen LogP contribution in [0.4, 0.5) is 0 Å². The zero-order valence-electron chi connectivity index (χ0n) is 7.13. The molecule has 3 radical (unpaired) electrons. The summed E-state index contributed by atoms with van der Waals surface area (Å²) in [4.78, 5) is 4.27. The van der Waals surface area contributed by atoms with Crippen LogP contribution in [0.1, 0.15) is 0 Å². The first-order valence-corrected chi connectivity index (χ1v) is 3.84. The highest BCUT2D eigenvalue weighted by Gasteiger charge is 2.07. The van der Waals surface area contributed by atoms with Gasteiger partial charge in [0.15, 0.2) is 0 Å². The lowest BCUT2D eigenvalue weighted by Crippen LogP contribution is -2.38. The summed E-state index contributed by atoms with van der Waals surface area (Å²) in [7, 11) is 11.5. The number of rotatable bonds is 3. The maximum atomic E-state index is 3.30. The van der Waals surface area contributed by atoms with Crippen molar-refractivity contribution in [2.75, 3.05) is 28.2 Å². The molecule has 0 saturated carbocycles. The third kappa shape index (κ3) is 3.15. The molecule has 3 heteroatoms. The summed E-state index contributed by atoms with van der Waals surface area (Å²) in [6.45, 7) is 0. The lowest BCUT2D eigenvalue weighted by molar-refractivity contribution is 0.174. The van der Waals surface area contributed by atoms with Crippen LogP contribution in [0.2, 0.25) is 0 Å². The highest BCUT2D eigenvalue weighted by atomic mass is 28.1. The molecule has 0 aliphatic heterocycles. The van der Waals surface area contributed by atoms with Crippen LogP contribution in [0.15, 0.2) is 11.8 Å². The highest BCUT2D eigenvalue weighted by molar-refractivity contribution is 6.17. The third-order valence-electron chi connectivity index (χ3n) is 1.33. The fourth-order valence-electron chi connectivity index (χ4n) is 0.892. The second-order valence-corrected chi connectivity index (χ2v) is 3.03. The van der Waals surface area contributed by atoms with Crippen LogP contribution >= 0.6 is 0 Å². The number of nitrogens with zero attached hydrogens (tertiary/aromatic N) is 2. The van der Waals surface area contributed by atoms with E-state index in [2.05, 4.69) is 54.3 Å². The molecule has 0 heterocycles. The molecule has 0 fully saturated rings. The molecule has 0 spiro atoms. The Labute approximate surface area is 66.9 Å². The largest absolute Gasteiger partial charge is 0.291 e. The third-order valence-corrected chi connectivity index (χ3v) is 1.52. The van der Waals surface area contributed by atoms with Crippen molar-refractivity contribution < 1.29 is 0 Å². The number of hydrogen-bond donors (Lipinski definition) is 0. The molecule has 0 atom stereocenters. The van der Waals surface area contributed by atoms with Gasteiger partial charge in [-0.25, -0.2) is 0 Å². The van der Waals surface area contributed by atoms with Gasteiger partial charge < -0.3 is 0 Å². The summed E-state index contributed by atoms with van der Waals surface area (Å²) in [5.41, 5.74) is 1.88. The molecular formula is C7H15N2Si. The van der Waals surface area contributed by atoms with Crippen molar-refractivity contribution in [1.29, 1.82) is 0 Å². The van der Waals surface area contributed by atoms with Crippen molar-refractivity contribution in [3.05, 3.63) is 11.8 Å². The molecule has 0 aliphatic carbocycles. The van der Waals surface area contributed by atoms with Crippen molar-refractivity contribution >= 4 is 10.2 Å². The SMILES string of the molecule is CN(C)C(C=C[Si])N(C)C. The van der Waals surface area contributed by atoms with Crippen LogP contribution in [-0.2, 0) is 0 Å². The molecule has 57 valence electrons. The Morgan fingerprint density at radius 1 is 1.10 bits per heavy atom. The Morgan fingerprint density at radius 2 is 1.50 bits per heavy atom. The smallest absolute Gasteiger partial charge is 0.0800 e. The minimum absolute atomic E-state index is 0.373. The molecule has 0 aromatic heterocycles. The zero-order valence-corrected chi connectivity index (χ0v) is 8.13. The van der Waals surface area contributed by atoms with Crippen LogP contribution in [0, 0.1) is 0 Å². The molecule has 0 rings (SSSR count). The molecular weight excluding hydrogens is 140 g/mol. The molecule has 0 aliphatic rings. The van der Waals surface area contributed by atoms with Crippen LogP contribution in [0.3, 0.4) is 0 Å². The monoisotopic (exact) mass is 155 g/mol. The van der Waals surface area contributed by atoms with Gasteiger partial charge in [0, 0.05) is 0 Å². The first-order valence-electron chi connectivity index (χ1n) is 3.26. The van der Waals surface area contributed by atoms with E-state index in [1.165, 1.54) is 0 Å². The van der Waals surface area contributed by atoms with E-state index >= 15 is 0 Å². The molecule has 0 saturated heterocycles. The Hall–Kier alpha value is -0.123. The molecule has 0 unspecified atom stereocenters. The Bertz CT molecular complexity index is 102. The van der Waals surface area contributed by atoms with E-state index in [4.69, 9.17) is 0 Å². The van der Waals surface area contributed by atoms with Crippen molar-refractivity contribution in [3.63, 3.8) is 0 Å². The van der Waals surface area contributed by atoms with Gasteiger partial charge in [0.05, 0.1) is 16.4 Å². The molecule has 0 aromatic rings. The highest BCUT2D eigenvalue weighted by Crippen LogP contribution is 1.97. The van der Waals surface area contributed by atoms with E-state index in [0.717, 1.165) is 0 Å². The minimum Gasteiger partial charge on any atom is -0.291 e. The van der Waals surface area contributed by atoms with Gasteiger partial charge in [0.2, 0.25) is 0 Å². The maximum absolute atomic E-state index is 3.30. The van der Waals surface area contributed by atoms with Crippen LogP contribution in [0.5, 0.6) is 0 Å².